The van der Waals surface area contributed by atoms with Crippen LogP contribution in [0.2, 0.25) is 0 Å². The van der Waals surface area contributed by atoms with Gasteiger partial charge in [0.25, 0.3) is 0 Å². The van der Waals surface area contributed by atoms with Crippen LogP contribution < -0.4 is 10.2 Å². The highest BCUT2D eigenvalue weighted by Gasteiger charge is 2.48. The van der Waals surface area contributed by atoms with Crippen LogP contribution in [0.3, 0.4) is 0 Å². The van der Waals surface area contributed by atoms with E-state index >= 15 is 0 Å². The first kappa shape index (κ1) is 18.0. The molecule has 1 saturated heterocycles. The van der Waals surface area contributed by atoms with Crippen molar-refractivity contribution in [3.63, 3.8) is 0 Å². The Balaban J connectivity index is 1.21. The smallest absolute Gasteiger partial charge is 0.224 e. The van der Waals surface area contributed by atoms with Crippen molar-refractivity contribution in [1.29, 1.82) is 0 Å². The number of hydrogen-bond acceptors (Lipinski definition) is 5. The molecule has 29 heavy (non-hydrogen) atoms. The minimum Gasteiger partial charge on any atom is -0.440 e. The number of hydrogen-bond donors (Lipinski definition) is 1. The number of aryl methyl sites for hydroxylation is 1. The lowest BCUT2D eigenvalue weighted by Gasteiger charge is -2.19. The van der Waals surface area contributed by atoms with Gasteiger partial charge in [0, 0.05) is 43.4 Å². The van der Waals surface area contributed by atoms with Gasteiger partial charge in [-0.3, -0.25) is 9.78 Å². The minimum absolute atomic E-state index is 0.0242. The predicted octanol–water partition coefficient (Wildman–Crippen LogP) is 3.31. The van der Waals surface area contributed by atoms with E-state index in [-0.39, 0.29) is 34.9 Å². The number of rotatable bonds is 4. The van der Waals surface area contributed by atoms with Crippen molar-refractivity contribution in [2.24, 2.45) is 5.92 Å². The Morgan fingerprint density at radius 3 is 2.90 bits per heavy atom. The molecule has 6 nitrogen and oxygen atoms in total. The van der Waals surface area contributed by atoms with E-state index in [2.05, 4.69) is 26.3 Å². The molecule has 2 aliphatic rings. The lowest BCUT2D eigenvalue weighted by atomic mass is 10.2. The molecule has 0 spiro atoms. The van der Waals surface area contributed by atoms with E-state index in [1.165, 1.54) is 0 Å². The number of benzene rings is 1. The van der Waals surface area contributed by atoms with Gasteiger partial charge in [-0.1, -0.05) is 0 Å². The third-order valence-corrected chi connectivity index (χ3v) is 5.65. The van der Waals surface area contributed by atoms with Crippen molar-refractivity contribution >= 4 is 22.7 Å². The Morgan fingerprint density at radius 2 is 2.07 bits per heavy atom. The number of amides is 1. The molecular formula is C21H20F2N4O2. The van der Waals surface area contributed by atoms with Crippen LogP contribution in [-0.2, 0) is 4.79 Å². The summed E-state index contributed by atoms with van der Waals surface area (Å²) < 4.78 is 32.3. The van der Waals surface area contributed by atoms with E-state index in [0.29, 0.717) is 12.3 Å². The van der Waals surface area contributed by atoms with E-state index < -0.39 is 11.6 Å². The summed E-state index contributed by atoms with van der Waals surface area (Å²) in [5, 5.41) is 3.12. The zero-order chi connectivity index (χ0) is 20.1. The molecule has 150 valence electrons. The second-order valence-electron chi connectivity index (χ2n) is 7.90. The van der Waals surface area contributed by atoms with Gasteiger partial charge < -0.3 is 14.6 Å². The average molecular weight is 398 g/mol. The fourth-order valence-corrected chi connectivity index (χ4v) is 3.99. The molecule has 3 heterocycles. The zero-order valence-electron chi connectivity index (χ0n) is 15.9. The Kier molecular flexibility index (Phi) is 4.22. The summed E-state index contributed by atoms with van der Waals surface area (Å²) in [5.74, 6) is -1.95. The molecule has 0 bridgehead atoms. The highest BCUT2D eigenvalue weighted by atomic mass is 19.2. The molecule has 0 radical (unpaired) electrons. The van der Waals surface area contributed by atoms with Crippen LogP contribution in [0.4, 0.5) is 14.5 Å². The van der Waals surface area contributed by atoms with Gasteiger partial charge in [-0.05, 0) is 31.4 Å². The largest absolute Gasteiger partial charge is 0.440 e. The lowest BCUT2D eigenvalue weighted by molar-refractivity contribution is -0.123. The first-order chi connectivity index (χ1) is 14.0. The van der Waals surface area contributed by atoms with Gasteiger partial charge in [0.1, 0.15) is 5.52 Å². The second kappa shape index (κ2) is 6.79. The summed E-state index contributed by atoms with van der Waals surface area (Å²) in [5.41, 5.74) is 2.64. The van der Waals surface area contributed by atoms with Gasteiger partial charge in [-0.15, -0.1) is 0 Å². The van der Waals surface area contributed by atoms with Gasteiger partial charge >= 0.3 is 0 Å². The number of aromatic nitrogens is 2. The third-order valence-electron chi connectivity index (χ3n) is 5.65. The number of anilines is 1. The molecule has 1 saturated carbocycles. The van der Waals surface area contributed by atoms with E-state index in [0.717, 1.165) is 42.9 Å². The number of carbonyl (C=O) groups excluding carboxylic acids is 1. The maximum absolute atomic E-state index is 13.4. The molecule has 1 aromatic carbocycles. The molecule has 1 aliphatic heterocycles. The molecule has 1 aliphatic carbocycles. The number of carbonyl (C=O) groups is 1. The number of pyridine rings is 1. The Morgan fingerprint density at radius 1 is 1.24 bits per heavy atom. The van der Waals surface area contributed by atoms with E-state index in [1.807, 2.05) is 19.3 Å². The van der Waals surface area contributed by atoms with Gasteiger partial charge in [0.05, 0.1) is 17.8 Å². The van der Waals surface area contributed by atoms with Crippen LogP contribution in [0.25, 0.3) is 11.1 Å². The van der Waals surface area contributed by atoms with Crippen LogP contribution in [-0.4, -0.2) is 35.0 Å². The molecule has 8 heteroatoms. The normalized spacial score (nSPS) is 23.6. The number of nitrogens with zero attached hydrogens (tertiary/aromatic N) is 3. The van der Waals surface area contributed by atoms with E-state index in [9.17, 15) is 13.6 Å². The van der Waals surface area contributed by atoms with E-state index in [4.69, 9.17) is 4.42 Å². The minimum atomic E-state index is -0.972. The number of nitrogens with one attached hydrogen (secondary N) is 1. The predicted molar refractivity (Wildman–Crippen MR) is 103 cm³/mol. The Bertz CT molecular complexity index is 1060. The molecule has 2 fully saturated rings. The van der Waals surface area contributed by atoms with Gasteiger partial charge in [-0.25, -0.2) is 13.8 Å². The van der Waals surface area contributed by atoms with E-state index in [1.54, 1.807) is 0 Å². The molecule has 1 amide bonds. The maximum atomic E-state index is 13.4. The van der Waals surface area contributed by atoms with Gasteiger partial charge in [-0.2, -0.15) is 0 Å². The van der Waals surface area contributed by atoms with Crippen molar-refractivity contribution < 1.29 is 18.0 Å². The Hall–Kier alpha value is -3.03. The van der Waals surface area contributed by atoms with Crippen molar-refractivity contribution in [2.45, 2.75) is 31.7 Å². The molecule has 3 atom stereocenters. The van der Waals surface area contributed by atoms with Crippen molar-refractivity contribution in [3.8, 4) is 0 Å². The monoisotopic (exact) mass is 398 g/mol. The topological polar surface area (TPSA) is 71.3 Å². The van der Waals surface area contributed by atoms with Gasteiger partial charge in [0.15, 0.2) is 23.1 Å². The van der Waals surface area contributed by atoms with Crippen LogP contribution >= 0.6 is 0 Å². The number of halogens is 2. The summed E-state index contributed by atoms with van der Waals surface area (Å²) in [6, 6.07) is 4.18. The summed E-state index contributed by atoms with van der Waals surface area (Å²) >= 11 is 0. The van der Waals surface area contributed by atoms with Crippen LogP contribution in [0, 0.1) is 24.5 Å². The van der Waals surface area contributed by atoms with Crippen molar-refractivity contribution in [1.82, 2.24) is 15.3 Å². The standard InChI is InChI=1S/C21H20F2N4O2/c1-11-4-13(9-24-8-11)27-3-2-12(10-27)25-20(28)14-5-15(14)21-26-18-6-16(22)17(23)7-19(18)29-21/h4,6-9,12,14-15H,2-3,5,10H2,1H3,(H,25,28)/t12-,14?,15?/m1/s1. The summed E-state index contributed by atoms with van der Waals surface area (Å²) in [7, 11) is 0. The average Bonchev–Trinajstić information content (AvgIpc) is 3.19. The van der Waals surface area contributed by atoms with Crippen molar-refractivity contribution in [3.05, 3.63) is 53.7 Å². The molecule has 5 rings (SSSR count). The van der Waals surface area contributed by atoms with Crippen LogP contribution in [0.5, 0.6) is 0 Å². The number of fused-ring (bicyclic) bond motifs is 1. The van der Waals surface area contributed by atoms with Crippen LogP contribution in [0.1, 0.15) is 30.2 Å². The summed E-state index contributed by atoms with van der Waals surface area (Å²) in [4.78, 5) is 23.3. The fourth-order valence-electron chi connectivity index (χ4n) is 3.99. The highest BCUT2D eigenvalue weighted by Crippen LogP contribution is 2.48. The molecular weight excluding hydrogens is 378 g/mol. The first-order valence-corrected chi connectivity index (χ1v) is 9.70. The Labute approximate surface area is 165 Å². The quantitative estimate of drug-likeness (QED) is 0.730. The lowest BCUT2D eigenvalue weighted by Crippen LogP contribution is -2.38. The maximum Gasteiger partial charge on any atom is 0.224 e. The summed E-state index contributed by atoms with van der Waals surface area (Å²) in [6.45, 7) is 3.62. The fraction of sp³-hybridized carbons (Fsp3) is 0.381. The summed E-state index contributed by atoms with van der Waals surface area (Å²) in [6.07, 6.45) is 5.16. The first-order valence-electron chi connectivity index (χ1n) is 9.70. The zero-order valence-corrected chi connectivity index (χ0v) is 15.9. The highest BCUT2D eigenvalue weighted by molar-refractivity contribution is 5.83. The SMILES string of the molecule is Cc1cncc(N2CC[C@@H](NC(=O)C3CC3c3nc4cc(F)c(F)cc4o3)C2)c1. The second-order valence-corrected chi connectivity index (χ2v) is 7.90. The molecule has 1 N–H and O–H groups in total. The molecule has 2 aromatic heterocycles. The van der Waals surface area contributed by atoms with Crippen molar-refractivity contribution in [2.75, 3.05) is 18.0 Å². The number of oxazole rings is 1. The third kappa shape index (κ3) is 3.43. The molecule has 3 aromatic rings. The van der Waals surface area contributed by atoms with Crippen LogP contribution in [0.15, 0.2) is 35.0 Å². The van der Waals surface area contributed by atoms with Gasteiger partial charge in [0.2, 0.25) is 5.91 Å². The molecule has 2 unspecified atom stereocenters.